The quantitative estimate of drug-likeness (QED) is 0.864. The number of aryl methyl sites for hydroxylation is 1. The highest BCUT2D eigenvalue weighted by molar-refractivity contribution is 5.93. The van der Waals surface area contributed by atoms with Crippen LogP contribution in [0.25, 0.3) is 0 Å². The number of carbonyl (C=O) groups excluding carboxylic acids is 1. The third kappa shape index (κ3) is 3.68. The van der Waals surface area contributed by atoms with Gasteiger partial charge in [-0.25, -0.2) is 4.68 Å². The van der Waals surface area contributed by atoms with Crippen LogP contribution in [0.1, 0.15) is 54.0 Å². The van der Waals surface area contributed by atoms with Crippen LogP contribution < -0.4 is 10.6 Å². The highest BCUT2D eigenvalue weighted by Gasteiger charge is 2.46. The van der Waals surface area contributed by atoms with Crippen molar-refractivity contribution >= 4 is 11.7 Å². The predicted molar refractivity (Wildman–Crippen MR) is 92.1 cm³/mol. The summed E-state index contributed by atoms with van der Waals surface area (Å²) in [4.78, 5) is 12.1. The van der Waals surface area contributed by atoms with Gasteiger partial charge in [0.1, 0.15) is 5.82 Å². The van der Waals surface area contributed by atoms with Gasteiger partial charge in [0.15, 0.2) is 11.7 Å². The Morgan fingerprint density at radius 2 is 1.96 bits per heavy atom. The minimum Gasteiger partial charge on any atom is -0.363 e. The van der Waals surface area contributed by atoms with Crippen LogP contribution in [0.15, 0.2) is 30.3 Å². The summed E-state index contributed by atoms with van der Waals surface area (Å²) < 4.78 is 41.7. The summed E-state index contributed by atoms with van der Waals surface area (Å²) >= 11 is 0. The number of alkyl halides is 3. The summed E-state index contributed by atoms with van der Waals surface area (Å²) in [5, 5.41) is 9.65. The molecule has 0 spiro atoms. The number of amides is 1. The molecule has 1 aliphatic heterocycles. The molecule has 26 heavy (non-hydrogen) atoms. The Morgan fingerprint density at radius 3 is 2.54 bits per heavy atom. The summed E-state index contributed by atoms with van der Waals surface area (Å²) in [6, 6.07) is 6.32. The number of aromatic nitrogens is 2. The van der Waals surface area contributed by atoms with Gasteiger partial charge in [-0.15, -0.1) is 0 Å². The van der Waals surface area contributed by atoms with E-state index < -0.39 is 24.2 Å². The molecular weight excluding hydrogens is 345 g/mol. The van der Waals surface area contributed by atoms with E-state index in [-0.39, 0.29) is 24.0 Å². The molecule has 1 amide bonds. The van der Waals surface area contributed by atoms with Crippen LogP contribution in [0.2, 0.25) is 0 Å². The number of anilines is 1. The Hall–Kier alpha value is -2.51. The van der Waals surface area contributed by atoms with E-state index in [1.54, 1.807) is 13.8 Å². The van der Waals surface area contributed by atoms with Gasteiger partial charge in [0.25, 0.3) is 5.91 Å². The van der Waals surface area contributed by atoms with Gasteiger partial charge < -0.3 is 10.6 Å². The summed E-state index contributed by atoms with van der Waals surface area (Å²) in [5.41, 5.74) is 1.78. The average Bonchev–Trinajstić information content (AvgIpc) is 2.97. The molecule has 5 nitrogen and oxygen atoms in total. The van der Waals surface area contributed by atoms with E-state index in [2.05, 4.69) is 15.7 Å². The number of hydrogen-bond donors (Lipinski definition) is 2. The van der Waals surface area contributed by atoms with Gasteiger partial charge in [-0.2, -0.15) is 18.3 Å². The number of hydrogen-bond acceptors (Lipinski definition) is 3. The first kappa shape index (κ1) is 18.3. The largest absolute Gasteiger partial charge is 0.410 e. The van der Waals surface area contributed by atoms with E-state index in [1.807, 2.05) is 31.2 Å². The van der Waals surface area contributed by atoms with Crippen LogP contribution in [0.5, 0.6) is 0 Å². The minimum atomic E-state index is -4.46. The molecule has 2 aromatic rings. The highest BCUT2D eigenvalue weighted by atomic mass is 19.4. The number of nitrogens with zero attached hydrogens (tertiary/aromatic N) is 2. The third-order valence-electron chi connectivity index (χ3n) is 4.32. The molecule has 0 saturated carbocycles. The zero-order chi connectivity index (χ0) is 19.1. The second-order valence-electron chi connectivity index (χ2n) is 6.89. The molecule has 0 radical (unpaired) electrons. The molecule has 0 bridgehead atoms. The van der Waals surface area contributed by atoms with Crippen molar-refractivity contribution in [1.29, 1.82) is 0 Å². The second kappa shape index (κ2) is 6.66. The number of benzene rings is 1. The summed E-state index contributed by atoms with van der Waals surface area (Å²) in [6.45, 7) is 5.47. The van der Waals surface area contributed by atoms with Crippen molar-refractivity contribution in [2.45, 2.75) is 51.5 Å². The SMILES string of the molecule is Cc1ccc([C@H]2C[C@@H](C(F)(F)F)n3nc(C(=O)NC(C)C)cc3N2)cc1. The molecule has 0 fully saturated rings. The van der Waals surface area contributed by atoms with E-state index in [9.17, 15) is 18.0 Å². The van der Waals surface area contributed by atoms with Gasteiger partial charge in [0.2, 0.25) is 0 Å². The number of rotatable bonds is 3. The molecule has 140 valence electrons. The maximum Gasteiger partial charge on any atom is 0.410 e. The second-order valence-corrected chi connectivity index (χ2v) is 6.89. The minimum absolute atomic E-state index is 0.0278. The fourth-order valence-corrected chi connectivity index (χ4v) is 3.04. The number of carbonyl (C=O) groups is 1. The van der Waals surface area contributed by atoms with Crippen LogP contribution in [0, 0.1) is 6.92 Å². The highest BCUT2D eigenvalue weighted by Crippen LogP contribution is 2.43. The lowest BCUT2D eigenvalue weighted by molar-refractivity contribution is -0.173. The molecule has 2 atom stereocenters. The van der Waals surface area contributed by atoms with E-state index in [1.165, 1.54) is 6.07 Å². The van der Waals surface area contributed by atoms with Crippen LogP contribution in [-0.2, 0) is 0 Å². The van der Waals surface area contributed by atoms with Gasteiger partial charge in [-0.3, -0.25) is 4.79 Å². The fraction of sp³-hybridized carbons (Fsp3) is 0.444. The molecule has 0 saturated heterocycles. The van der Waals surface area contributed by atoms with Gasteiger partial charge in [-0.05, 0) is 26.3 Å². The molecule has 0 unspecified atom stereocenters. The maximum absolute atomic E-state index is 13.6. The Kier molecular flexibility index (Phi) is 4.68. The first-order valence-electron chi connectivity index (χ1n) is 8.45. The molecule has 1 aromatic heterocycles. The predicted octanol–water partition coefficient (Wildman–Crippen LogP) is 3.99. The number of nitrogens with one attached hydrogen (secondary N) is 2. The van der Waals surface area contributed by atoms with Crippen LogP contribution in [-0.4, -0.2) is 27.9 Å². The lowest BCUT2D eigenvalue weighted by Crippen LogP contribution is -2.36. The lowest BCUT2D eigenvalue weighted by Gasteiger charge is -2.33. The first-order valence-corrected chi connectivity index (χ1v) is 8.45. The summed E-state index contributed by atoms with van der Waals surface area (Å²) in [5.74, 6) is -0.297. The molecule has 0 aliphatic carbocycles. The summed E-state index contributed by atoms with van der Waals surface area (Å²) in [7, 11) is 0. The van der Waals surface area contributed by atoms with E-state index in [4.69, 9.17) is 0 Å². The van der Waals surface area contributed by atoms with Crippen molar-refractivity contribution in [3.63, 3.8) is 0 Å². The normalized spacial score (nSPS) is 19.8. The zero-order valence-electron chi connectivity index (χ0n) is 14.8. The topological polar surface area (TPSA) is 59.0 Å². The number of fused-ring (bicyclic) bond motifs is 1. The smallest absolute Gasteiger partial charge is 0.363 e. The Morgan fingerprint density at radius 1 is 1.31 bits per heavy atom. The first-order chi connectivity index (χ1) is 12.1. The maximum atomic E-state index is 13.6. The zero-order valence-corrected chi connectivity index (χ0v) is 14.8. The molecule has 3 rings (SSSR count). The van der Waals surface area contributed by atoms with Crippen molar-refractivity contribution < 1.29 is 18.0 Å². The lowest BCUT2D eigenvalue weighted by atomic mass is 9.96. The van der Waals surface area contributed by atoms with E-state index in [0.29, 0.717) is 0 Å². The monoisotopic (exact) mass is 366 g/mol. The van der Waals surface area contributed by atoms with Crippen molar-refractivity contribution in [3.05, 3.63) is 47.2 Å². The third-order valence-corrected chi connectivity index (χ3v) is 4.32. The Bertz CT molecular complexity index is 796. The van der Waals surface area contributed by atoms with E-state index in [0.717, 1.165) is 15.8 Å². The summed E-state index contributed by atoms with van der Waals surface area (Å²) in [6.07, 6.45) is -4.65. The Labute approximate surface area is 149 Å². The number of halogens is 3. The van der Waals surface area contributed by atoms with Crippen molar-refractivity contribution in [2.75, 3.05) is 5.32 Å². The molecule has 1 aliphatic rings. The van der Waals surface area contributed by atoms with Gasteiger partial charge in [-0.1, -0.05) is 29.8 Å². The van der Waals surface area contributed by atoms with Gasteiger partial charge >= 0.3 is 6.18 Å². The van der Waals surface area contributed by atoms with Crippen molar-refractivity contribution in [1.82, 2.24) is 15.1 Å². The van der Waals surface area contributed by atoms with Gasteiger partial charge in [0.05, 0.1) is 6.04 Å². The van der Waals surface area contributed by atoms with Crippen LogP contribution in [0.4, 0.5) is 19.0 Å². The molecule has 2 N–H and O–H groups in total. The Balaban J connectivity index is 1.96. The van der Waals surface area contributed by atoms with Gasteiger partial charge in [0, 0.05) is 18.5 Å². The average molecular weight is 366 g/mol. The fourth-order valence-electron chi connectivity index (χ4n) is 3.04. The molecular formula is C18H21F3N4O. The van der Waals surface area contributed by atoms with Crippen LogP contribution in [0.3, 0.4) is 0 Å². The standard InChI is InChI=1S/C18H21F3N4O/c1-10(2)22-17(26)14-9-16-23-13(12-6-4-11(3)5-7-12)8-15(18(19,20)21)25(16)24-14/h4-7,9-10,13,15,23H,8H2,1-3H3,(H,22,26)/t13-,15+/m1/s1. The van der Waals surface area contributed by atoms with Crippen LogP contribution >= 0.6 is 0 Å². The van der Waals surface area contributed by atoms with Crippen molar-refractivity contribution in [2.24, 2.45) is 0 Å². The van der Waals surface area contributed by atoms with E-state index >= 15 is 0 Å². The van der Waals surface area contributed by atoms with Crippen molar-refractivity contribution in [3.8, 4) is 0 Å². The molecule has 8 heteroatoms. The molecule has 2 heterocycles. The molecule has 1 aromatic carbocycles.